The lowest BCUT2D eigenvalue weighted by Gasteiger charge is -2.46. The molecule has 3 aliphatic carbocycles. The maximum Gasteiger partial charge on any atom is 0.522 e. The summed E-state index contributed by atoms with van der Waals surface area (Å²) in [6, 6.07) is 0. The molecule has 0 spiro atoms. The van der Waals surface area contributed by atoms with Crippen LogP contribution in [0.3, 0.4) is 0 Å². The van der Waals surface area contributed by atoms with E-state index in [1.807, 2.05) is 0 Å². The molecule has 4 atom stereocenters. The van der Waals surface area contributed by atoms with Gasteiger partial charge in [0, 0.05) is 5.92 Å². The van der Waals surface area contributed by atoms with Gasteiger partial charge in [-0.3, -0.25) is 4.74 Å². The van der Waals surface area contributed by atoms with Crippen LogP contribution in [0.2, 0.25) is 0 Å². The predicted octanol–water partition coefficient (Wildman–Crippen LogP) is 6.84. The van der Waals surface area contributed by atoms with Gasteiger partial charge in [-0.05, 0) is 63.2 Å². The zero-order valence-electron chi connectivity index (χ0n) is 16.6. The van der Waals surface area contributed by atoms with Crippen LogP contribution in [0.15, 0.2) is 0 Å². The van der Waals surface area contributed by atoms with Crippen molar-refractivity contribution in [1.29, 1.82) is 0 Å². The van der Waals surface area contributed by atoms with Crippen molar-refractivity contribution in [3.8, 4) is 0 Å². The summed E-state index contributed by atoms with van der Waals surface area (Å²) in [6.45, 7) is 0. The Balaban J connectivity index is 1.66. The highest BCUT2D eigenvalue weighted by Crippen LogP contribution is 2.52. The Hall–Kier alpha value is -0.740. The monoisotopic (exact) mass is 472 g/mol. The summed E-state index contributed by atoms with van der Waals surface area (Å²) in [6.07, 6.45) is -20.6. The zero-order valence-corrected chi connectivity index (χ0v) is 16.6. The predicted molar refractivity (Wildman–Crippen MR) is 91.3 cm³/mol. The molecule has 0 bridgehead atoms. The number of ether oxygens (including phenoxy) is 1. The number of rotatable bonds is 4. The maximum absolute atomic E-state index is 15.0. The molecule has 0 aliphatic heterocycles. The van der Waals surface area contributed by atoms with E-state index in [0.717, 1.165) is 0 Å². The molecule has 0 saturated heterocycles. The molecular formula is C20H26F10O. The van der Waals surface area contributed by atoms with Crippen LogP contribution in [-0.4, -0.2) is 49.2 Å². The van der Waals surface area contributed by atoms with E-state index in [1.165, 1.54) is 0 Å². The van der Waals surface area contributed by atoms with Gasteiger partial charge in [0.05, 0.1) is 5.92 Å². The lowest BCUT2D eigenvalue weighted by atomic mass is 9.65. The lowest BCUT2D eigenvalue weighted by Crippen LogP contribution is -2.55. The third-order valence-electron chi connectivity index (χ3n) is 7.19. The van der Waals surface area contributed by atoms with E-state index in [2.05, 4.69) is 4.74 Å². The highest BCUT2D eigenvalue weighted by molar-refractivity contribution is 5.02. The van der Waals surface area contributed by atoms with Crippen molar-refractivity contribution in [3.05, 3.63) is 0 Å². The van der Waals surface area contributed by atoms with E-state index in [4.69, 9.17) is 0 Å². The minimum atomic E-state index is -5.34. The smallest absolute Gasteiger partial charge is 0.282 e. The first kappa shape index (κ1) is 24.9. The summed E-state index contributed by atoms with van der Waals surface area (Å²) in [5.41, 5.74) is 0. The second kappa shape index (κ2) is 9.25. The van der Waals surface area contributed by atoms with Crippen molar-refractivity contribution in [2.75, 3.05) is 0 Å². The third kappa shape index (κ3) is 5.61. The van der Waals surface area contributed by atoms with Crippen molar-refractivity contribution >= 4 is 0 Å². The Morgan fingerprint density at radius 2 is 1.06 bits per heavy atom. The van der Waals surface area contributed by atoms with Crippen LogP contribution in [-0.2, 0) is 4.74 Å². The van der Waals surface area contributed by atoms with Crippen LogP contribution < -0.4 is 0 Å². The van der Waals surface area contributed by atoms with Gasteiger partial charge in [-0.1, -0.05) is 0 Å². The second-order valence-electron chi connectivity index (χ2n) is 9.20. The fourth-order valence-corrected chi connectivity index (χ4v) is 5.63. The topological polar surface area (TPSA) is 9.23 Å². The number of halogens is 10. The summed E-state index contributed by atoms with van der Waals surface area (Å²) < 4.78 is 141. The van der Waals surface area contributed by atoms with Gasteiger partial charge in [0.2, 0.25) is 0 Å². The van der Waals surface area contributed by atoms with Gasteiger partial charge >= 0.3 is 6.36 Å². The zero-order chi connectivity index (χ0) is 23.1. The summed E-state index contributed by atoms with van der Waals surface area (Å²) in [7, 11) is 0. The summed E-state index contributed by atoms with van der Waals surface area (Å²) in [4.78, 5) is 0. The number of hydrogen-bond acceptors (Lipinski definition) is 1. The minimum absolute atomic E-state index is 0.168. The number of alkyl halides is 10. The van der Waals surface area contributed by atoms with Crippen LogP contribution in [0.1, 0.15) is 51.4 Å². The quantitative estimate of drug-likeness (QED) is 0.407. The van der Waals surface area contributed by atoms with Crippen molar-refractivity contribution in [2.45, 2.75) is 101 Å². The van der Waals surface area contributed by atoms with Gasteiger partial charge in [-0.2, -0.15) is 0 Å². The van der Waals surface area contributed by atoms with Crippen molar-refractivity contribution in [2.24, 2.45) is 23.7 Å². The summed E-state index contributed by atoms with van der Waals surface area (Å²) in [5, 5.41) is 0. The average Bonchev–Trinajstić information content (AvgIpc) is 2.63. The second-order valence-corrected chi connectivity index (χ2v) is 9.20. The maximum atomic E-state index is 15.0. The molecular weight excluding hydrogens is 446 g/mol. The molecule has 0 aromatic carbocycles. The Morgan fingerprint density at radius 3 is 1.52 bits per heavy atom. The van der Waals surface area contributed by atoms with E-state index < -0.39 is 79.8 Å². The normalized spacial score (nSPS) is 45.5. The Kier molecular flexibility index (Phi) is 7.43. The van der Waals surface area contributed by atoms with Crippen LogP contribution in [0, 0.1) is 23.7 Å². The fourth-order valence-electron chi connectivity index (χ4n) is 5.63. The van der Waals surface area contributed by atoms with Gasteiger partial charge in [-0.25, -0.2) is 30.7 Å². The van der Waals surface area contributed by atoms with E-state index in [0.29, 0.717) is 12.8 Å². The molecule has 11 heteroatoms. The van der Waals surface area contributed by atoms with Crippen molar-refractivity contribution in [1.82, 2.24) is 0 Å². The van der Waals surface area contributed by atoms with E-state index in [-0.39, 0.29) is 31.6 Å². The van der Waals surface area contributed by atoms with Crippen LogP contribution >= 0.6 is 0 Å². The summed E-state index contributed by atoms with van der Waals surface area (Å²) in [5.74, 6) is -9.41. The SMILES string of the molecule is FC1CCC(C2CC(F)C(C(F)(F)C3CC(F)C(OC(F)(F)F)C(F)C3)C(F)C2)CC1. The molecule has 0 radical (unpaired) electrons. The van der Waals surface area contributed by atoms with Crippen LogP contribution in [0.4, 0.5) is 43.9 Å². The first-order chi connectivity index (χ1) is 14.3. The van der Waals surface area contributed by atoms with Crippen LogP contribution in [0.25, 0.3) is 0 Å². The van der Waals surface area contributed by atoms with Crippen LogP contribution in [0.5, 0.6) is 0 Å². The first-order valence-electron chi connectivity index (χ1n) is 10.6. The molecule has 3 aliphatic rings. The molecule has 0 aromatic heterocycles. The third-order valence-corrected chi connectivity index (χ3v) is 7.19. The lowest BCUT2D eigenvalue weighted by molar-refractivity contribution is -0.360. The minimum Gasteiger partial charge on any atom is -0.282 e. The Bertz CT molecular complexity index is 567. The fraction of sp³-hybridized carbons (Fsp3) is 1.00. The van der Waals surface area contributed by atoms with E-state index in [9.17, 15) is 35.1 Å². The standard InChI is InChI=1S/C20H26F10O/c21-12-3-1-9(2-4-12)10-5-13(22)17(14(23)6-10)19(26,27)11-7-15(24)18(16(25)8-11)31-20(28,29)30/h9-18H,1-8H2. The molecule has 0 aromatic rings. The molecule has 0 heterocycles. The molecule has 0 N–H and O–H groups in total. The van der Waals surface area contributed by atoms with Gasteiger partial charge in [0.15, 0.2) is 0 Å². The van der Waals surface area contributed by atoms with Gasteiger partial charge < -0.3 is 0 Å². The van der Waals surface area contributed by atoms with Gasteiger partial charge in [-0.15, -0.1) is 13.2 Å². The van der Waals surface area contributed by atoms with Gasteiger partial charge in [0.25, 0.3) is 5.92 Å². The molecule has 182 valence electrons. The molecule has 1 nitrogen and oxygen atoms in total. The highest BCUT2D eigenvalue weighted by atomic mass is 19.4. The highest BCUT2D eigenvalue weighted by Gasteiger charge is 2.60. The molecule has 3 rings (SSSR count). The van der Waals surface area contributed by atoms with E-state index in [1.54, 1.807) is 0 Å². The summed E-state index contributed by atoms with van der Waals surface area (Å²) >= 11 is 0. The first-order valence-corrected chi connectivity index (χ1v) is 10.6. The average molecular weight is 472 g/mol. The Labute approximate surface area is 173 Å². The molecule has 0 amide bonds. The van der Waals surface area contributed by atoms with E-state index >= 15 is 8.78 Å². The van der Waals surface area contributed by atoms with Gasteiger partial charge in [0.1, 0.15) is 37.0 Å². The Morgan fingerprint density at radius 1 is 0.581 bits per heavy atom. The van der Waals surface area contributed by atoms with Crippen molar-refractivity contribution < 1.29 is 48.6 Å². The molecule has 3 fully saturated rings. The molecule has 31 heavy (non-hydrogen) atoms. The molecule has 4 unspecified atom stereocenters. The van der Waals surface area contributed by atoms with Crippen molar-refractivity contribution in [3.63, 3.8) is 0 Å². The number of hydrogen-bond donors (Lipinski definition) is 0. The largest absolute Gasteiger partial charge is 0.522 e. The molecule has 3 saturated carbocycles.